The van der Waals surface area contributed by atoms with Crippen LogP contribution in [0.4, 0.5) is 5.69 Å². The molecule has 6 nitrogen and oxygen atoms in total. The number of anilines is 1. The van der Waals surface area contributed by atoms with Crippen LogP contribution >= 0.6 is 0 Å². The Kier molecular flexibility index (Phi) is 3.61. The Labute approximate surface area is 106 Å². The van der Waals surface area contributed by atoms with Gasteiger partial charge < -0.3 is 5.32 Å². The summed E-state index contributed by atoms with van der Waals surface area (Å²) in [6.45, 7) is 1.40. The van der Waals surface area contributed by atoms with Gasteiger partial charge in [0.2, 0.25) is 0 Å². The normalized spacial score (nSPS) is 11.4. The summed E-state index contributed by atoms with van der Waals surface area (Å²) in [4.78, 5) is 0.323. The largest absolute Gasteiger partial charge is 0.383 e. The highest BCUT2D eigenvalue weighted by atomic mass is 32.2. The predicted molar refractivity (Wildman–Crippen MR) is 68.1 cm³/mol. The van der Waals surface area contributed by atoms with Gasteiger partial charge in [0.15, 0.2) is 9.84 Å². The Bertz CT molecular complexity index is 590. The summed E-state index contributed by atoms with van der Waals surface area (Å²) in [6.07, 6.45) is 4.61. The van der Waals surface area contributed by atoms with Crippen LogP contribution in [0.25, 0.3) is 0 Å². The number of benzene rings is 1. The van der Waals surface area contributed by atoms with E-state index in [1.54, 1.807) is 41.3 Å². The van der Waals surface area contributed by atoms with Crippen molar-refractivity contribution < 1.29 is 8.42 Å². The molecule has 1 aromatic heterocycles. The Balaban J connectivity index is 1.91. The van der Waals surface area contributed by atoms with Gasteiger partial charge in [-0.3, -0.25) is 4.68 Å². The van der Waals surface area contributed by atoms with E-state index >= 15 is 0 Å². The lowest BCUT2D eigenvalue weighted by Crippen LogP contribution is -2.11. The van der Waals surface area contributed by atoms with Crippen LogP contribution in [-0.4, -0.2) is 36.2 Å². The van der Waals surface area contributed by atoms with Crippen LogP contribution in [0.5, 0.6) is 0 Å². The van der Waals surface area contributed by atoms with E-state index in [0.29, 0.717) is 18.0 Å². The number of nitrogens with zero attached hydrogens (tertiary/aromatic N) is 3. The smallest absolute Gasteiger partial charge is 0.175 e. The predicted octanol–water partition coefficient (Wildman–Crippen LogP) is 0.794. The fourth-order valence-corrected chi connectivity index (χ4v) is 2.12. The molecule has 1 heterocycles. The molecule has 0 radical (unpaired) electrons. The molecule has 2 aromatic rings. The molecular weight excluding hydrogens is 252 g/mol. The minimum Gasteiger partial charge on any atom is -0.383 e. The maximum Gasteiger partial charge on any atom is 0.175 e. The molecule has 0 atom stereocenters. The van der Waals surface area contributed by atoms with Crippen molar-refractivity contribution >= 4 is 15.5 Å². The van der Waals surface area contributed by atoms with Gasteiger partial charge in [0.1, 0.15) is 0 Å². The summed E-state index contributed by atoms with van der Waals surface area (Å²) >= 11 is 0. The molecule has 1 aromatic carbocycles. The van der Waals surface area contributed by atoms with Crippen LogP contribution < -0.4 is 5.32 Å². The first-order valence-electron chi connectivity index (χ1n) is 5.44. The molecule has 2 rings (SSSR count). The molecule has 0 bridgehead atoms. The lowest BCUT2D eigenvalue weighted by Gasteiger charge is -2.06. The van der Waals surface area contributed by atoms with Crippen LogP contribution in [-0.2, 0) is 16.4 Å². The van der Waals surface area contributed by atoms with E-state index in [4.69, 9.17) is 0 Å². The van der Waals surface area contributed by atoms with E-state index in [-0.39, 0.29) is 0 Å². The first kappa shape index (κ1) is 12.6. The topological polar surface area (TPSA) is 76.9 Å². The van der Waals surface area contributed by atoms with Crippen molar-refractivity contribution in [3.63, 3.8) is 0 Å². The number of nitrogens with one attached hydrogen (secondary N) is 1. The van der Waals surface area contributed by atoms with E-state index in [1.165, 1.54) is 6.26 Å². The van der Waals surface area contributed by atoms with Crippen molar-refractivity contribution in [3.8, 4) is 0 Å². The van der Waals surface area contributed by atoms with Crippen molar-refractivity contribution in [2.75, 3.05) is 18.1 Å². The van der Waals surface area contributed by atoms with E-state index in [0.717, 1.165) is 5.69 Å². The van der Waals surface area contributed by atoms with Gasteiger partial charge >= 0.3 is 0 Å². The highest BCUT2D eigenvalue weighted by Crippen LogP contribution is 2.13. The van der Waals surface area contributed by atoms with Crippen LogP contribution in [0.1, 0.15) is 0 Å². The molecule has 0 aliphatic heterocycles. The summed E-state index contributed by atoms with van der Waals surface area (Å²) in [5.74, 6) is 0. The summed E-state index contributed by atoms with van der Waals surface area (Å²) in [5.41, 5.74) is 0.877. The van der Waals surface area contributed by atoms with Crippen molar-refractivity contribution in [3.05, 3.63) is 36.7 Å². The molecule has 0 aliphatic carbocycles. The average Bonchev–Trinajstić information content (AvgIpc) is 2.82. The van der Waals surface area contributed by atoms with Gasteiger partial charge in [-0.25, -0.2) is 8.42 Å². The minimum absolute atomic E-state index is 0.323. The van der Waals surface area contributed by atoms with E-state index in [9.17, 15) is 8.42 Å². The first-order chi connectivity index (χ1) is 8.55. The fraction of sp³-hybridized carbons (Fsp3) is 0.273. The zero-order valence-corrected chi connectivity index (χ0v) is 10.8. The molecule has 0 amide bonds. The molecular formula is C11H14N4O2S. The maximum atomic E-state index is 11.3. The van der Waals surface area contributed by atoms with Crippen LogP contribution in [0.3, 0.4) is 0 Å². The zero-order chi connectivity index (χ0) is 13.0. The van der Waals surface area contributed by atoms with E-state index in [2.05, 4.69) is 15.6 Å². The fourth-order valence-electron chi connectivity index (χ4n) is 1.49. The van der Waals surface area contributed by atoms with Gasteiger partial charge in [-0.1, -0.05) is 5.21 Å². The summed E-state index contributed by atoms with van der Waals surface area (Å²) in [5, 5.41) is 10.7. The lowest BCUT2D eigenvalue weighted by atomic mass is 10.3. The van der Waals surface area contributed by atoms with Crippen LogP contribution in [0.2, 0.25) is 0 Å². The third kappa shape index (κ3) is 3.30. The van der Waals surface area contributed by atoms with Crippen molar-refractivity contribution in [1.82, 2.24) is 15.0 Å². The molecule has 0 saturated carbocycles. The van der Waals surface area contributed by atoms with Gasteiger partial charge in [-0.2, -0.15) is 0 Å². The Morgan fingerprint density at radius 2 is 2.00 bits per heavy atom. The number of hydrogen-bond donors (Lipinski definition) is 1. The molecule has 0 unspecified atom stereocenters. The van der Waals surface area contributed by atoms with Gasteiger partial charge in [-0.05, 0) is 24.3 Å². The SMILES string of the molecule is CS(=O)(=O)c1ccc(NCCn2ccnn2)cc1. The maximum absolute atomic E-state index is 11.3. The van der Waals surface area contributed by atoms with E-state index in [1.807, 2.05) is 0 Å². The second-order valence-electron chi connectivity index (χ2n) is 3.89. The standard InChI is InChI=1S/C11H14N4O2S/c1-18(16,17)11-4-2-10(3-5-11)12-6-8-15-9-7-13-14-15/h2-5,7,9,12H,6,8H2,1H3. The van der Waals surface area contributed by atoms with Gasteiger partial charge in [0.05, 0.1) is 17.6 Å². The Hall–Kier alpha value is -1.89. The third-order valence-corrected chi connectivity index (χ3v) is 3.55. The highest BCUT2D eigenvalue weighted by Gasteiger charge is 2.05. The van der Waals surface area contributed by atoms with E-state index < -0.39 is 9.84 Å². The molecule has 0 aliphatic rings. The van der Waals surface area contributed by atoms with Crippen molar-refractivity contribution in [1.29, 1.82) is 0 Å². The first-order valence-corrected chi connectivity index (χ1v) is 7.33. The average molecular weight is 266 g/mol. The van der Waals surface area contributed by atoms with Crippen LogP contribution in [0, 0.1) is 0 Å². The molecule has 0 spiro atoms. The number of aromatic nitrogens is 3. The van der Waals surface area contributed by atoms with Gasteiger partial charge in [0, 0.05) is 24.7 Å². The molecule has 18 heavy (non-hydrogen) atoms. The quantitative estimate of drug-likeness (QED) is 0.866. The van der Waals surface area contributed by atoms with Gasteiger partial charge in [-0.15, -0.1) is 5.10 Å². The Morgan fingerprint density at radius 3 is 2.56 bits per heavy atom. The number of rotatable bonds is 5. The molecule has 0 fully saturated rings. The van der Waals surface area contributed by atoms with Gasteiger partial charge in [0.25, 0.3) is 0 Å². The van der Waals surface area contributed by atoms with Crippen molar-refractivity contribution in [2.45, 2.75) is 11.4 Å². The Morgan fingerprint density at radius 1 is 1.28 bits per heavy atom. The number of hydrogen-bond acceptors (Lipinski definition) is 5. The summed E-state index contributed by atoms with van der Waals surface area (Å²) in [7, 11) is -3.13. The second kappa shape index (κ2) is 5.18. The highest BCUT2D eigenvalue weighted by molar-refractivity contribution is 7.90. The number of sulfone groups is 1. The zero-order valence-electron chi connectivity index (χ0n) is 9.94. The molecule has 7 heteroatoms. The second-order valence-corrected chi connectivity index (χ2v) is 5.91. The van der Waals surface area contributed by atoms with Crippen molar-refractivity contribution in [2.24, 2.45) is 0 Å². The summed E-state index contributed by atoms with van der Waals surface area (Å²) in [6, 6.07) is 6.68. The van der Waals surface area contributed by atoms with Crippen LogP contribution in [0.15, 0.2) is 41.6 Å². The third-order valence-electron chi connectivity index (χ3n) is 2.42. The summed E-state index contributed by atoms with van der Waals surface area (Å²) < 4.78 is 24.3. The molecule has 96 valence electrons. The minimum atomic E-state index is -3.13. The molecule has 1 N–H and O–H groups in total. The monoisotopic (exact) mass is 266 g/mol. The molecule has 0 saturated heterocycles. The lowest BCUT2D eigenvalue weighted by molar-refractivity contribution is 0.602.